The summed E-state index contributed by atoms with van der Waals surface area (Å²) in [5, 5.41) is 0.0137. The zero-order valence-electron chi connectivity index (χ0n) is 8.65. The molecule has 7 heteroatoms. The zero-order valence-corrected chi connectivity index (χ0v) is 10.2. The van der Waals surface area contributed by atoms with Crippen LogP contribution >= 0.6 is 11.6 Å². The van der Waals surface area contributed by atoms with Crippen LogP contribution in [0.2, 0.25) is 5.02 Å². The summed E-state index contributed by atoms with van der Waals surface area (Å²) in [6.45, 7) is 0. The van der Waals surface area contributed by atoms with Crippen molar-refractivity contribution in [3.8, 4) is 0 Å². The summed E-state index contributed by atoms with van der Waals surface area (Å²) in [6, 6.07) is 4.41. The predicted molar refractivity (Wildman–Crippen MR) is 61.3 cm³/mol. The lowest BCUT2D eigenvalue weighted by Gasteiger charge is -2.08. The quantitative estimate of drug-likeness (QED) is 0.839. The Labute approximate surface area is 98.4 Å². The third kappa shape index (κ3) is 3.11. The van der Waals surface area contributed by atoms with Gasteiger partial charge in [0.25, 0.3) is 0 Å². The fourth-order valence-electron chi connectivity index (χ4n) is 1.08. The van der Waals surface area contributed by atoms with E-state index < -0.39 is 16.0 Å². The molecule has 0 spiro atoms. The number of hydrogen-bond donors (Lipinski definition) is 1. The van der Waals surface area contributed by atoms with Crippen molar-refractivity contribution in [3.05, 3.63) is 28.8 Å². The van der Waals surface area contributed by atoms with E-state index in [1.165, 1.54) is 25.3 Å². The van der Waals surface area contributed by atoms with Crippen molar-refractivity contribution in [3.63, 3.8) is 0 Å². The van der Waals surface area contributed by atoms with Crippen LogP contribution in [0.4, 0.5) is 5.69 Å². The molecule has 0 aliphatic heterocycles. The lowest BCUT2D eigenvalue weighted by Crippen LogP contribution is -2.11. The van der Waals surface area contributed by atoms with Gasteiger partial charge in [-0.3, -0.25) is 4.72 Å². The molecule has 0 saturated carbocycles. The van der Waals surface area contributed by atoms with Crippen LogP contribution in [-0.2, 0) is 14.8 Å². The minimum Gasteiger partial charge on any atom is -0.465 e. The van der Waals surface area contributed by atoms with E-state index in [4.69, 9.17) is 11.6 Å². The van der Waals surface area contributed by atoms with Gasteiger partial charge in [0.1, 0.15) is 0 Å². The number of carbonyl (C=O) groups excluding carboxylic acids is 1. The van der Waals surface area contributed by atoms with Crippen LogP contribution in [0, 0.1) is 0 Å². The molecule has 1 aromatic carbocycles. The molecule has 0 aliphatic rings. The second-order valence-electron chi connectivity index (χ2n) is 3.03. The van der Waals surface area contributed by atoms with Crippen molar-refractivity contribution < 1.29 is 17.9 Å². The summed E-state index contributed by atoms with van der Waals surface area (Å²) in [5.41, 5.74) is 0.255. The topological polar surface area (TPSA) is 72.5 Å². The molecule has 1 N–H and O–H groups in total. The average molecular weight is 264 g/mol. The molecule has 0 aliphatic carbocycles. The molecule has 0 fully saturated rings. The number of methoxy groups -OCH3 is 1. The Morgan fingerprint density at radius 2 is 2.06 bits per heavy atom. The molecule has 5 nitrogen and oxygen atoms in total. The van der Waals surface area contributed by atoms with E-state index in [1.807, 2.05) is 0 Å². The summed E-state index contributed by atoms with van der Waals surface area (Å²) in [6.07, 6.45) is 0.994. The van der Waals surface area contributed by atoms with Gasteiger partial charge < -0.3 is 4.74 Å². The number of esters is 1. The molecule has 1 aromatic rings. The number of anilines is 1. The van der Waals surface area contributed by atoms with Gasteiger partial charge in [0.15, 0.2) is 0 Å². The first-order valence-electron chi connectivity index (χ1n) is 4.20. The first-order valence-corrected chi connectivity index (χ1v) is 6.46. The minimum absolute atomic E-state index is 0.0137. The molecule has 0 heterocycles. The van der Waals surface area contributed by atoms with Gasteiger partial charge in [-0.2, -0.15) is 0 Å². The summed E-state index contributed by atoms with van der Waals surface area (Å²) in [5.74, 6) is -0.623. The standard InChI is InChI=1S/C9H10ClNO4S/c1-15-9(12)6-4-3-5-7(8(6)10)11-16(2,13)14/h3-5,11H,1-2H3. The summed E-state index contributed by atoms with van der Waals surface area (Å²) >= 11 is 5.86. The Morgan fingerprint density at radius 3 is 2.56 bits per heavy atom. The lowest BCUT2D eigenvalue weighted by molar-refractivity contribution is 0.0601. The number of sulfonamides is 1. The molecule has 0 aromatic heterocycles. The van der Waals surface area contributed by atoms with Gasteiger partial charge in [0.05, 0.1) is 29.6 Å². The monoisotopic (exact) mass is 263 g/mol. The number of ether oxygens (including phenoxy) is 1. The van der Waals surface area contributed by atoms with Crippen LogP contribution in [0.25, 0.3) is 0 Å². The van der Waals surface area contributed by atoms with Gasteiger partial charge in [-0.1, -0.05) is 17.7 Å². The van der Waals surface area contributed by atoms with E-state index >= 15 is 0 Å². The fourth-order valence-corrected chi connectivity index (χ4v) is 1.95. The number of halogens is 1. The number of rotatable bonds is 3. The van der Waals surface area contributed by atoms with E-state index in [0.717, 1.165) is 6.26 Å². The maximum atomic E-state index is 11.3. The maximum absolute atomic E-state index is 11.3. The van der Waals surface area contributed by atoms with Crippen molar-refractivity contribution >= 4 is 33.3 Å². The van der Waals surface area contributed by atoms with Crippen molar-refractivity contribution in [2.24, 2.45) is 0 Å². The van der Waals surface area contributed by atoms with Crippen LogP contribution in [-0.4, -0.2) is 27.8 Å². The number of carbonyl (C=O) groups is 1. The largest absolute Gasteiger partial charge is 0.465 e. The first-order chi connectivity index (χ1) is 7.35. The highest BCUT2D eigenvalue weighted by Gasteiger charge is 2.15. The molecular formula is C9H10ClNO4S. The molecule has 88 valence electrons. The highest BCUT2D eigenvalue weighted by molar-refractivity contribution is 7.92. The fraction of sp³-hybridized carbons (Fsp3) is 0.222. The average Bonchev–Trinajstić information content (AvgIpc) is 2.18. The molecule has 0 unspecified atom stereocenters. The normalized spacial score (nSPS) is 10.9. The molecule has 16 heavy (non-hydrogen) atoms. The Morgan fingerprint density at radius 1 is 1.44 bits per heavy atom. The summed E-state index contributed by atoms with van der Waals surface area (Å²) in [7, 11) is -2.22. The van der Waals surface area contributed by atoms with Gasteiger partial charge in [-0.05, 0) is 12.1 Å². The second-order valence-corrected chi connectivity index (χ2v) is 5.16. The van der Waals surface area contributed by atoms with Crippen LogP contribution in [0.1, 0.15) is 10.4 Å². The molecular weight excluding hydrogens is 254 g/mol. The van der Waals surface area contributed by atoms with Crippen molar-refractivity contribution in [2.75, 3.05) is 18.1 Å². The summed E-state index contributed by atoms with van der Waals surface area (Å²) in [4.78, 5) is 11.3. The van der Waals surface area contributed by atoms with E-state index in [0.29, 0.717) is 0 Å². The van der Waals surface area contributed by atoms with Gasteiger partial charge in [0.2, 0.25) is 10.0 Å². The predicted octanol–water partition coefficient (Wildman–Crippen LogP) is 1.50. The number of benzene rings is 1. The minimum atomic E-state index is -3.44. The third-order valence-corrected chi connectivity index (χ3v) is 2.70. The Bertz CT molecular complexity index is 512. The molecule has 0 atom stereocenters. The number of hydrogen-bond acceptors (Lipinski definition) is 4. The highest BCUT2D eigenvalue weighted by atomic mass is 35.5. The van der Waals surface area contributed by atoms with Gasteiger partial charge in [-0.15, -0.1) is 0 Å². The van der Waals surface area contributed by atoms with Crippen molar-refractivity contribution in [1.82, 2.24) is 0 Å². The van der Waals surface area contributed by atoms with Gasteiger partial charge in [-0.25, -0.2) is 13.2 Å². The van der Waals surface area contributed by atoms with Crippen molar-refractivity contribution in [2.45, 2.75) is 0 Å². The first kappa shape index (κ1) is 12.8. The van der Waals surface area contributed by atoms with Crippen LogP contribution in [0.5, 0.6) is 0 Å². The van der Waals surface area contributed by atoms with Crippen LogP contribution in [0.15, 0.2) is 18.2 Å². The molecule has 0 bridgehead atoms. The Balaban J connectivity index is 3.19. The van der Waals surface area contributed by atoms with E-state index in [9.17, 15) is 13.2 Å². The second kappa shape index (κ2) is 4.71. The van der Waals surface area contributed by atoms with Crippen LogP contribution < -0.4 is 4.72 Å². The van der Waals surface area contributed by atoms with Gasteiger partial charge >= 0.3 is 5.97 Å². The molecule has 1 rings (SSSR count). The van der Waals surface area contributed by atoms with Crippen molar-refractivity contribution in [1.29, 1.82) is 0 Å². The molecule has 0 radical (unpaired) electrons. The Kier molecular flexibility index (Phi) is 3.77. The van der Waals surface area contributed by atoms with Crippen LogP contribution in [0.3, 0.4) is 0 Å². The lowest BCUT2D eigenvalue weighted by atomic mass is 10.2. The van der Waals surface area contributed by atoms with E-state index in [1.54, 1.807) is 0 Å². The smallest absolute Gasteiger partial charge is 0.339 e. The zero-order chi connectivity index (χ0) is 12.3. The summed E-state index contributed by atoms with van der Waals surface area (Å²) < 4.78 is 28.7. The maximum Gasteiger partial charge on any atom is 0.339 e. The van der Waals surface area contributed by atoms with E-state index in [-0.39, 0.29) is 16.3 Å². The Hall–Kier alpha value is -1.27. The molecule has 0 amide bonds. The highest BCUT2D eigenvalue weighted by Crippen LogP contribution is 2.26. The van der Waals surface area contributed by atoms with E-state index in [2.05, 4.69) is 9.46 Å². The third-order valence-electron chi connectivity index (χ3n) is 1.70. The SMILES string of the molecule is COC(=O)c1cccc(NS(C)(=O)=O)c1Cl. The van der Waals surface area contributed by atoms with Gasteiger partial charge in [0, 0.05) is 0 Å². The number of nitrogens with one attached hydrogen (secondary N) is 1. The molecule has 0 saturated heterocycles.